The number of aromatic nitrogens is 2. The van der Waals surface area contributed by atoms with Crippen LogP contribution in [-0.4, -0.2) is 64.9 Å². The number of nitrogens with two attached hydrogens (primary N) is 1. The van der Waals surface area contributed by atoms with E-state index in [0.29, 0.717) is 46.5 Å². The molecule has 1 saturated heterocycles. The van der Waals surface area contributed by atoms with E-state index in [9.17, 15) is 13.6 Å². The monoisotopic (exact) mass is 479 g/mol. The molecule has 1 unspecified atom stereocenters. The lowest BCUT2D eigenvalue weighted by molar-refractivity contribution is -0.126. The third-order valence-electron chi connectivity index (χ3n) is 6.10. The summed E-state index contributed by atoms with van der Waals surface area (Å²) in [7, 11) is 0. The molecule has 0 bridgehead atoms. The molecular weight excluding hydrogens is 452 g/mol. The van der Waals surface area contributed by atoms with Gasteiger partial charge in [0, 0.05) is 24.2 Å². The van der Waals surface area contributed by atoms with Crippen LogP contribution in [0.2, 0.25) is 5.02 Å². The molecule has 0 radical (unpaired) electrons. The van der Waals surface area contributed by atoms with Crippen molar-refractivity contribution in [1.82, 2.24) is 20.2 Å². The number of ether oxygens (including phenoxy) is 1. The number of carbonyl (C=O) groups is 1. The van der Waals surface area contributed by atoms with Gasteiger partial charge in [-0.15, -0.1) is 0 Å². The summed E-state index contributed by atoms with van der Waals surface area (Å²) in [5.74, 6) is 0.145. The maximum absolute atomic E-state index is 14.8. The first-order valence-corrected chi connectivity index (χ1v) is 11.3. The van der Waals surface area contributed by atoms with Gasteiger partial charge in [-0.25, -0.2) is 18.7 Å². The molecule has 33 heavy (non-hydrogen) atoms. The fourth-order valence-corrected chi connectivity index (χ4v) is 4.29. The van der Waals surface area contributed by atoms with Gasteiger partial charge in [0.2, 0.25) is 0 Å². The van der Waals surface area contributed by atoms with Gasteiger partial charge in [-0.2, -0.15) is 0 Å². The van der Waals surface area contributed by atoms with E-state index in [-0.39, 0.29) is 43.3 Å². The van der Waals surface area contributed by atoms with E-state index in [1.165, 1.54) is 24.0 Å². The Morgan fingerprint density at radius 1 is 1.33 bits per heavy atom. The predicted octanol–water partition coefficient (Wildman–Crippen LogP) is 2.92. The standard InChI is InChI=1S/C23H28ClF2N5O2/c1-12-20(24)13(2)30-21(29-12)15-10-31(11-17(15)27)22(32)14-4-6-23(3,26)8-19(14)33-18-5-7-28-9-16(18)25/h4,8,16,18,28H,5-7,9-11,27H2,1-3H3/t16-,18-,23?/m0/s1. The van der Waals surface area contributed by atoms with Crippen LogP contribution in [0.3, 0.4) is 0 Å². The summed E-state index contributed by atoms with van der Waals surface area (Å²) >= 11 is 6.18. The molecule has 0 spiro atoms. The third kappa shape index (κ3) is 4.89. The lowest BCUT2D eigenvalue weighted by Crippen LogP contribution is -2.43. The van der Waals surface area contributed by atoms with Crippen LogP contribution in [-0.2, 0) is 9.53 Å². The van der Waals surface area contributed by atoms with Crippen LogP contribution in [0.1, 0.15) is 37.0 Å². The van der Waals surface area contributed by atoms with Crippen molar-refractivity contribution < 1.29 is 18.3 Å². The first-order chi connectivity index (χ1) is 15.6. The van der Waals surface area contributed by atoms with E-state index < -0.39 is 17.9 Å². The van der Waals surface area contributed by atoms with Gasteiger partial charge in [-0.05, 0) is 39.8 Å². The second-order valence-electron chi connectivity index (χ2n) is 8.97. The number of aryl methyl sites for hydroxylation is 2. The molecule has 3 heterocycles. The molecule has 1 aromatic rings. The molecule has 1 aliphatic carbocycles. The number of halogens is 3. The second kappa shape index (κ2) is 9.02. The number of amides is 1. The number of nitrogens with zero attached hydrogens (tertiary/aromatic N) is 3. The highest BCUT2D eigenvalue weighted by Crippen LogP contribution is 2.34. The van der Waals surface area contributed by atoms with Gasteiger partial charge in [0.1, 0.15) is 23.7 Å². The molecular formula is C23H28ClF2N5O2. The van der Waals surface area contributed by atoms with Crippen LogP contribution in [0.5, 0.6) is 0 Å². The van der Waals surface area contributed by atoms with Crippen molar-refractivity contribution in [3.05, 3.63) is 51.4 Å². The Bertz CT molecular complexity index is 1050. The van der Waals surface area contributed by atoms with Crippen LogP contribution < -0.4 is 11.1 Å². The average Bonchev–Trinajstić information content (AvgIpc) is 3.14. The number of alkyl halides is 2. The van der Waals surface area contributed by atoms with Crippen molar-refractivity contribution in [2.45, 2.75) is 51.6 Å². The SMILES string of the molecule is Cc1nc(C2=C(N)CN(C(=O)C3=CCC(C)(F)C=C3O[C@H]3CCNC[C@@H]3F)C2)nc(C)c1Cl. The van der Waals surface area contributed by atoms with Gasteiger partial charge < -0.3 is 20.7 Å². The van der Waals surface area contributed by atoms with Gasteiger partial charge >= 0.3 is 0 Å². The largest absolute Gasteiger partial charge is 0.487 e. The number of hydrogen-bond acceptors (Lipinski definition) is 6. The Balaban J connectivity index is 1.54. The molecule has 1 fully saturated rings. The van der Waals surface area contributed by atoms with Crippen LogP contribution in [0, 0.1) is 13.8 Å². The van der Waals surface area contributed by atoms with E-state index in [4.69, 9.17) is 22.1 Å². The molecule has 10 heteroatoms. The smallest absolute Gasteiger partial charge is 0.257 e. The molecule has 178 valence electrons. The number of rotatable bonds is 4. The molecule has 3 aliphatic rings. The van der Waals surface area contributed by atoms with E-state index in [1.54, 1.807) is 13.8 Å². The summed E-state index contributed by atoms with van der Waals surface area (Å²) in [6.45, 7) is 6.09. The second-order valence-corrected chi connectivity index (χ2v) is 9.35. The fourth-order valence-electron chi connectivity index (χ4n) is 4.21. The molecule has 1 amide bonds. The summed E-state index contributed by atoms with van der Waals surface area (Å²) in [4.78, 5) is 23.8. The summed E-state index contributed by atoms with van der Waals surface area (Å²) in [6.07, 6.45) is 1.26. The van der Waals surface area contributed by atoms with Crippen LogP contribution in [0.15, 0.2) is 29.2 Å². The topological polar surface area (TPSA) is 93.4 Å². The normalized spacial score (nSPS) is 28.0. The number of piperidine rings is 1. The molecule has 2 aliphatic heterocycles. The minimum absolute atomic E-state index is 0.0223. The maximum Gasteiger partial charge on any atom is 0.257 e. The number of allylic oxidation sites excluding steroid dienone is 2. The zero-order valence-corrected chi connectivity index (χ0v) is 19.7. The van der Waals surface area contributed by atoms with Crippen molar-refractivity contribution in [2.24, 2.45) is 5.73 Å². The highest BCUT2D eigenvalue weighted by atomic mass is 35.5. The molecule has 3 atom stereocenters. The van der Waals surface area contributed by atoms with Gasteiger partial charge in [0.05, 0.1) is 35.1 Å². The zero-order valence-electron chi connectivity index (χ0n) is 18.9. The Labute approximate surface area is 196 Å². The minimum atomic E-state index is -1.68. The Morgan fingerprint density at radius 3 is 2.70 bits per heavy atom. The first-order valence-electron chi connectivity index (χ1n) is 11.0. The highest BCUT2D eigenvalue weighted by Gasteiger charge is 2.37. The Hall–Kier alpha value is -2.52. The number of hydrogen-bond donors (Lipinski definition) is 2. The summed E-state index contributed by atoms with van der Waals surface area (Å²) in [6, 6.07) is 0. The van der Waals surface area contributed by atoms with Crippen LogP contribution in [0.25, 0.3) is 5.57 Å². The number of nitrogens with one attached hydrogen (secondary N) is 1. The van der Waals surface area contributed by atoms with Crippen LogP contribution >= 0.6 is 11.6 Å². The van der Waals surface area contributed by atoms with E-state index in [2.05, 4.69) is 15.3 Å². The Morgan fingerprint density at radius 2 is 2.03 bits per heavy atom. The zero-order chi connectivity index (χ0) is 23.9. The summed E-state index contributed by atoms with van der Waals surface area (Å²) in [5, 5.41) is 3.44. The van der Waals surface area contributed by atoms with E-state index >= 15 is 0 Å². The molecule has 3 N–H and O–H groups in total. The summed E-state index contributed by atoms with van der Waals surface area (Å²) in [5.41, 5.74) is 7.15. The minimum Gasteiger partial charge on any atom is -0.487 e. The van der Waals surface area contributed by atoms with Crippen molar-refractivity contribution >= 4 is 23.1 Å². The maximum atomic E-state index is 14.8. The van der Waals surface area contributed by atoms with Gasteiger partial charge in [-0.1, -0.05) is 17.7 Å². The lowest BCUT2D eigenvalue weighted by Gasteiger charge is -2.32. The molecule has 7 nitrogen and oxygen atoms in total. The third-order valence-corrected chi connectivity index (χ3v) is 6.64. The molecule has 0 aromatic carbocycles. The van der Waals surface area contributed by atoms with Crippen molar-refractivity contribution in [3.63, 3.8) is 0 Å². The van der Waals surface area contributed by atoms with Crippen molar-refractivity contribution in [3.8, 4) is 0 Å². The van der Waals surface area contributed by atoms with E-state index in [0.717, 1.165) is 0 Å². The van der Waals surface area contributed by atoms with Gasteiger partial charge in [0.25, 0.3) is 5.91 Å². The predicted molar refractivity (Wildman–Crippen MR) is 122 cm³/mol. The Kier molecular flexibility index (Phi) is 6.46. The van der Waals surface area contributed by atoms with Crippen molar-refractivity contribution in [1.29, 1.82) is 0 Å². The lowest BCUT2D eigenvalue weighted by atomic mass is 9.93. The first kappa shape index (κ1) is 23.6. The molecule has 4 rings (SSSR count). The fraction of sp³-hybridized carbons (Fsp3) is 0.522. The summed E-state index contributed by atoms with van der Waals surface area (Å²) < 4.78 is 35.0. The van der Waals surface area contributed by atoms with Crippen molar-refractivity contribution in [2.75, 3.05) is 26.2 Å². The molecule has 0 saturated carbocycles. The van der Waals surface area contributed by atoms with Gasteiger partial charge in [0.15, 0.2) is 5.82 Å². The van der Waals surface area contributed by atoms with Gasteiger partial charge in [-0.3, -0.25) is 4.79 Å². The quantitative estimate of drug-likeness (QED) is 0.689. The van der Waals surface area contributed by atoms with Crippen LogP contribution in [0.4, 0.5) is 8.78 Å². The highest BCUT2D eigenvalue weighted by molar-refractivity contribution is 6.31. The number of carbonyl (C=O) groups excluding carboxylic acids is 1. The average molecular weight is 480 g/mol. The molecule has 1 aromatic heterocycles. The van der Waals surface area contributed by atoms with E-state index in [1.807, 2.05) is 0 Å².